The van der Waals surface area contributed by atoms with Gasteiger partial charge in [0.25, 0.3) is 0 Å². The number of hydrogen-bond donors (Lipinski definition) is 2. The van der Waals surface area contributed by atoms with Crippen LogP contribution in [0.3, 0.4) is 0 Å². The van der Waals surface area contributed by atoms with E-state index in [9.17, 15) is 9.59 Å². The summed E-state index contributed by atoms with van der Waals surface area (Å²) in [6.07, 6.45) is 0.183. The molecule has 116 valence electrons. The third kappa shape index (κ3) is 6.54. The molecule has 0 radical (unpaired) electrons. The van der Waals surface area contributed by atoms with Crippen LogP contribution in [0, 0.1) is 5.92 Å². The number of rotatable bonds is 8. The van der Waals surface area contributed by atoms with Crippen LogP contribution < -0.4 is 10.6 Å². The maximum atomic E-state index is 12.1. The quantitative estimate of drug-likeness (QED) is 0.772. The van der Waals surface area contributed by atoms with E-state index in [2.05, 4.69) is 10.6 Å². The zero-order chi connectivity index (χ0) is 15.8. The Hall–Kier alpha value is -1.68. The highest BCUT2D eigenvalue weighted by atomic mass is 16.2. The monoisotopic (exact) mass is 290 g/mol. The minimum atomic E-state index is -0.416. The first-order valence-corrected chi connectivity index (χ1v) is 7.50. The van der Waals surface area contributed by atoms with Crippen LogP contribution in [0.1, 0.15) is 39.7 Å². The molecule has 0 aromatic heterocycles. The van der Waals surface area contributed by atoms with Crippen LogP contribution >= 0.6 is 0 Å². The van der Waals surface area contributed by atoms with Crippen LogP contribution in [0.4, 0.5) is 0 Å². The van der Waals surface area contributed by atoms with E-state index in [1.165, 1.54) is 0 Å². The van der Waals surface area contributed by atoms with Gasteiger partial charge in [0.2, 0.25) is 5.91 Å². The average molecular weight is 290 g/mol. The summed E-state index contributed by atoms with van der Waals surface area (Å²) in [5, 5.41) is 6.04. The van der Waals surface area contributed by atoms with E-state index in [0.717, 1.165) is 5.56 Å². The highest BCUT2D eigenvalue weighted by Gasteiger charge is 2.24. The predicted molar refractivity (Wildman–Crippen MR) is 84.8 cm³/mol. The first-order valence-electron chi connectivity index (χ1n) is 7.50. The smallest absolute Gasteiger partial charge is 0.222 e. The normalized spacial score (nSPS) is 12.5. The van der Waals surface area contributed by atoms with Gasteiger partial charge in [0.1, 0.15) is 0 Å². The summed E-state index contributed by atoms with van der Waals surface area (Å²) in [5.74, 6) is -0.104. The molecule has 4 heteroatoms. The van der Waals surface area contributed by atoms with Gasteiger partial charge in [-0.15, -0.1) is 0 Å². The summed E-state index contributed by atoms with van der Waals surface area (Å²) in [5.41, 5.74) is 1.05. The molecule has 1 unspecified atom stereocenters. The standard InChI is InChI=1S/C17H26N2O2/c1-12(2)17(21)15(19-13(3)4)10-16(20)18-11-14-8-6-5-7-9-14/h5-9,12-13,15,19H,10-11H2,1-4H3,(H,18,20). The fourth-order valence-corrected chi connectivity index (χ4v) is 2.10. The number of benzene rings is 1. The second-order valence-electron chi connectivity index (χ2n) is 5.90. The van der Waals surface area contributed by atoms with E-state index in [1.54, 1.807) is 0 Å². The van der Waals surface area contributed by atoms with Crippen molar-refractivity contribution in [2.24, 2.45) is 5.92 Å². The van der Waals surface area contributed by atoms with Gasteiger partial charge in [-0.1, -0.05) is 58.0 Å². The summed E-state index contributed by atoms with van der Waals surface area (Å²) >= 11 is 0. The third-order valence-electron chi connectivity index (χ3n) is 3.17. The maximum Gasteiger partial charge on any atom is 0.222 e. The predicted octanol–water partition coefficient (Wildman–Crippen LogP) is 2.28. The lowest BCUT2D eigenvalue weighted by molar-refractivity contribution is -0.129. The highest BCUT2D eigenvalue weighted by Crippen LogP contribution is 2.06. The fourth-order valence-electron chi connectivity index (χ4n) is 2.10. The lowest BCUT2D eigenvalue weighted by atomic mass is 9.98. The number of amides is 1. The Morgan fingerprint density at radius 3 is 2.19 bits per heavy atom. The molecule has 0 heterocycles. The van der Waals surface area contributed by atoms with Gasteiger partial charge in [-0.25, -0.2) is 0 Å². The van der Waals surface area contributed by atoms with Gasteiger partial charge >= 0.3 is 0 Å². The first-order chi connectivity index (χ1) is 9.90. The fraction of sp³-hybridized carbons (Fsp3) is 0.529. The molecule has 21 heavy (non-hydrogen) atoms. The molecule has 1 rings (SSSR count). The maximum absolute atomic E-state index is 12.1. The summed E-state index contributed by atoms with van der Waals surface area (Å²) in [7, 11) is 0. The molecule has 0 aliphatic heterocycles. The van der Waals surface area contributed by atoms with Crippen molar-refractivity contribution in [2.45, 2.75) is 52.7 Å². The van der Waals surface area contributed by atoms with E-state index in [4.69, 9.17) is 0 Å². The third-order valence-corrected chi connectivity index (χ3v) is 3.17. The van der Waals surface area contributed by atoms with Crippen molar-refractivity contribution in [1.29, 1.82) is 0 Å². The summed E-state index contributed by atoms with van der Waals surface area (Å²) in [4.78, 5) is 24.2. The number of nitrogens with one attached hydrogen (secondary N) is 2. The Kier molecular flexibility index (Phi) is 7.09. The van der Waals surface area contributed by atoms with E-state index in [0.29, 0.717) is 6.54 Å². The molecular weight excluding hydrogens is 264 g/mol. The molecule has 0 fully saturated rings. The highest BCUT2D eigenvalue weighted by molar-refractivity contribution is 5.90. The van der Waals surface area contributed by atoms with Gasteiger partial charge in [0.15, 0.2) is 5.78 Å². The molecule has 4 nitrogen and oxygen atoms in total. The molecule has 1 atom stereocenters. The largest absolute Gasteiger partial charge is 0.352 e. The molecule has 1 amide bonds. The van der Waals surface area contributed by atoms with E-state index < -0.39 is 6.04 Å². The van der Waals surface area contributed by atoms with Gasteiger partial charge in [0.05, 0.1) is 6.04 Å². The molecule has 0 aliphatic carbocycles. The number of carbonyl (C=O) groups is 2. The van der Waals surface area contributed by atoms with Crippen molar-refractivity contribution in [3.05, 3.63) is 35.9 Å². The molecule has 1 aromatic carbocycles. The Morgan fingerprint density at radius 2 is 1.67 bits per heavy atom. The summed E-state index contributed by atoms with van der Waals surface area (Å²) in [6, 6.07) is 9.49. The van der Waals surface area contributed by atoms with Crippen LogP contribution in [-0.2, 0) is 16.1 Å². The van der Waals surface area contributed by atoms with Crippen molar-refractivity contribution < 1.29 is 9.59 Å². The van der Waals surface area contributed by atoms with E-state index in [-0.39, 0.29) is 30.1 Å². The number of ketones is 1. The zero-order valence-electron chi connectivity index (χ0n) is 13.3. The van der Waals surface area contributed by atoms with Crippen LogP contribution in [0.5, 0.6) is 0 Å². The van der Waals surface area contributed by atoms with E-state index >= 15 is 0 Å². The van der Waals surface area contributed by atoms with Gasteiger partial charge in [-0.05, 0) is 5.56 Å². The van der Waals surface area contributed by atoms with Crippen molar-refractivity contribution in [3.63, 3.8) is 0 Å². The Labute approximate surface area is 127 Å². The van der Waals surface area contributed by atoms with Crippen molar-refractivity contribution in [1.82, 2.24) is 10.6 Å². The SMILES string of the molecule is CC(C)NC(CC(=O)NCc1ccccc1)C(=O)C(C)C. The molecule has 0 bridgehead atoms. The first kappa shape index (κ1) is 17.4. The minimum Gasteiger partial charge on any atom is -0.352 e. The van der Waals surface area contributed by atoms with Gasteiger partial charge in [-0.2, -0.15) is 0 Å². The molecular formula is C17H26N2O2. The Bertz CT molecular complexity index is 455. The topological polar surface area (TPSA) is 58.2 Å². The molecule has 0 saturated heterocycles. The zero-order valence-corrected chi connectivity index (χ0v) is 13.3. The average Bonchev–Trinajstić information content (AvgIpc) is 2.44. The van der Waals surface area contributed by atoms with Gasteiger partial charge in [0, 0.05) is 24.9 Å². The Balaban J connectivity index is 2.53. The molecule has 2 N–H and O–H groups in total. The van der Waals surface area contributed by atoms with Crippen LogP contribution in [-0.4, -0.2) is 23.8 Å². The summed E-state index contributed by atoms with van der Waals surface area (Å²) in [6.45, 7) is 8.16. The lowest BCUT2D eigenvalue weighted by Crippen LogP contribution is -2.45. The van der Waals surface area contributed by atoms with Gasteiger partial charge in [-0.3, -0.25) is 9.59 Å². The molecule has 0 aliphatic rings. The van der Waals surface area contributed by atoms with Gasteiger partial charge < -0.3 is 10.6 Å². The molecule has 0 spiro atoms. The van der Waals surface area contributed by atoms with Crippen molar-refractivity contribution in [3.8, 4) is 0 Å². The Morgan fingerprint density at radius 1 is 1.05 bits per heavy atom. The number of hydrogen-bond acceptors (Lipinski definition) is 3. The minimum absolute atomic E-state index is 0.0804. The number of Topliss-reactive ketones (excluding diaryl/α,β-unsaturated/α-hetero) is 1. The number of carbonyl (C=O) groups excluding carboxylic acids is 2. The molecule has 1 aromatic rings. The molecule has 0 saturated carbocycles. The van der Waals surface area contributed by atoms with E-state index in [1.807, 2.05) is 58.0 Å². The second-order valence-corrected chi connectivity index (χ2v) is 5.90. The lowest BCUT2D eigenvalue weighted by Gasteiger charge is -2.21. The van der Waals surface area contributed by atoms with Crippen LogP contribution in [0.2, 0.25) is 0 Å². The van der Waals surface area contributed by atoms with Crippen molar-refractivity contribution in [2.75, 3.05) is 0 Å². The second kappa shape index (κ2) is 8.57. The van der Waals surface area contributed by atoms with Crippen molar-refractivity contribution >= 4 is 11.7 Å². The summed E-state index contributed by atoms with van der Waals surface area (Å²) < 4.78 is 0. The van der Waals surface area contributed by atoms with Crippen LogP contribution in [0.15, 0.2) is 30.3 Å². The van der Waals surface area contributed by atoms with Crippen LogP contribution in [0.25, 0.3) is 0 Å².